The lowest BCUT2D eigenvalue weighted by atomic mass is 10.1. The summed E-state index contributed by atoms with van der Waals surface area (Å²) >= 11 is 3.36. The molecule has 0 saturated heterocycles. The number of halogens is 1. The Morgan fingerprint density at radius 3 is 2.33 bits per heavy atom. The van der Waals surface area contributed by atoms with E-state index in [9.17, 15) is 8.42 Å². The molecule has 112 valence electrons. The minimum atomic E-state index is -3.67. The molecule has 0 spiro atoms. The summed E-state index contributed by atoms with van der Waals surface area (Å²) in [5.41, 5.74) is 9.22. The molecule has 0 fully saturated rings. The van der Waals surface area contributed by atoms with E-state index in [2.05, 4.69) is 20.7 Å². The van der Waals surface area contributed by atoms with Crippen LogP contribution in [0.5, 0.6) is 0 Å². The first-order valence-corrected chi connectivity index (χ1v) is 8.63. The van der Waals surface area contributed by atoms with Crippen LogP contribution in [0.15, 0.2) is 39.7 Å². The van der Waals surface area contributed by atoms with Gasteiger partial charge in [0.05, 0.1) is 10.6 Å². The van der Waals surface area contributed by atoms with Crippen molar-refractivity contribution in [2.75, 3.05) is 10.5 Å². The van der Waals surface area contributed by atoms with Gasteiger partial charge in [0, 0.05) is 10.2 Å². The lowest BCUT2D eigenvalue weighted by Crippen LogP contribution is -2.15. The van der Waals surface area contributed by atoms with Crippen molar-refractivity contribution in [2.24, 2.45) is 0 Å². The highest BCUT2D eigenvalue weighted by molar-refractivity contribution is 9.10. The second-order valence-electron chi connectivity index (χ2n) is 5.08. The standard InChI is InChI=1S/C15H17BrN2O2S/c1-9-4-12(16)7-14(5-9)18-21(19,20)15-8-13(17)6-10(2)11(15)3/h4-8,18H,17H2,1-3H3. The second kappa shape index (κ2) is 5.69. The van der Waals surface area contributed by atoms with Crippen LogP contribution in [0.4, 0.5) is 11.4 Å². The van der Waals surface area contributed by atoms with Crippen LogP contribution in [0.25, 0.3) is 0 Å². The number of nitrogens with one attached hydrogen (secondary N) is 1. The highest BCUT2D eigenvalue weighted by Gasteiger charge is 2.19. The summed E-state index contributed by atoms with van der Waals surface area (Å²) in [6.45, 7) is 5.52. The van der Waals surface area contributed by atoms with Gasteiger partial charge in [-0.05, 0) is 67.8 Å². The monoisotopic (exact) mass is 368 g/mol. The van der Waals surface area contributed by atoms with Crippen molar-refractivity contribution in [1.82, 2.24) is 0 Å². The molecule has 0 aliphatic rings. The summed E-state index contributed by atoms with van der Waals surface area (Å²) in [6.07, 6.45) is 0. The SMILES string of the molecule is Cc1cc(Br)cc(NS(=O)(=O)c2cc(N)cc(C)c2C)c1. The van der Waals surface area contributed by atoms with Crippen molar-refractivity contribution >= 4 is 37.3 Å². The van der Waals surface area contributed by atoms with Crippen molar-refractivity contribution in [3.8, 4) is 0 Å². The van der Waals surface area contributed by atoms with E-state index in [1.807, 2.05) is 19.9 Å². The van der Waals surface area contributed by atoms with Gasteiger partial charge in [-0.1, -0.05) is 15.9 Å². The van der Waals surface area contributed by atoms with Crippen molar-refractivity contribution in [3.05, 3.63) is 51.5 Å². The fourth-order valence-electron chi connectivity index (χ4n) is 2.14. The fourth-order valence-corrected chi connectivity index (χ4v) is 4.14. The van der Waals surface area contributed by atoms with E-state index >= 15 is 0 Å². The van der Waals surface area contributed by atoms with E-state index in [0.717, 1.165) is 15.6 Å². The van der Waals surface area contributed by atoms with Gasteiger partial charge in [-0.15, -0.1) is 0 Å². The molecule has 3 N–H and O–H groups in total. The van der Waals surface area contributed by atoms with E-state index in [1.54, 1.807) is 25.1 Å². The summed E-state index contributed by atoms with van der Waals surface area (Å²) in [7, 11) is -3.67. The molecular formula is C15H17BrN2O2S. The molecule has 6 heteroatoms. The third-order valence-corrected chi connectivity index (χ3v) is 5.19. The molecule has 0 saturated carbocycles. The minimum Gasteiger partial charge on any atom is -0.399 e. The molecule has 0 atom stereocenters. The number of aryl methyl sites for hydroxylation is 2. The minimum absolute atomic E-state index is 0.206. The van der Waals surface area contributed by atoms with Gasteiger partial charge >= 0.3 is 0 Å². The van der Waals surface area contributed by atoms with Gasteiger partial charge in [0.2, 0.25) is 0 Å². The largest absolute Gasteiger partial charge is 0.399 e. The van der Waals surface area contributed by atoms with E-state index in [0.29, 0.717) is 16.9 Å². The van der Waals surface area contributed by atoms with Crippen LogP contribution >= 0.6 is 15.9 Å². The van der Waals surface area contributed by atoms with E-state index < -0.39 is 10.0 Å². The molecule has 21 heavy (non-hydrogen) atoms. The number of hydrogen-bond donors (Lipinski definition) is 2. The highest BCUT2D eigenvalue weighted by Crippen LogP contribution is 2.26. The quantitative estimate of drug-likeness (QED) is 0.810. The molecule has 4 nitrogen and oxygen atoms in total. The molecular weight excluding hydrogens is 352 g/mol. The Balaban J connectivity index is 2.48. The number of nitrogen functional groups attached to an aromatic ring is 1. The Bertz CT molecular complexity index is 781. The maximum absolute atomic E-state index is 12.6. The summed E-state index contributed by atoms with van der Waals surface area (Å²) < 4.78 is 28.6. The molecule has 0 amide bonds. The number of anilines is 2. The molecule has 0 aromatic heterocycles. The zero-order valence-electron chi connectivity index (χ0n) is 12.1. The summed E-state index contributed by atoms with van der Waals surface area (Å²) in [5, 5.41) is 0. The summed E-state index contributed by atoms with van der Waals surface area (Å²) in [4.78, 5) is 0.206. The van der Waals surface area contributed by atoms with E-state index in [-0.39, 0.29) is 4.90 Å². The van der Waals surface area contributed by atoms with Crippen LogP contribution in [0.3, 0.4) is 0 Å². The van der Waals surface area contributed by atoms with Crippen molar-refractivity contribution in [3.63, 3.8) is 0 Å². The third-order valence-electron chi connectivity index (χ3n) is 3.23. The number of rotatable bonds is 3. The average Bonchev–Trinajstić information content (AvgIpc) is 2.31. The van der Waals surface area contributed by atoms with E-state index in [1.165, 1.54) is 6.07 Å². The molecule has 2 aromatic rings. The third kappa shape index (κ3) is 3.57. The van der Waals surface area contributed by atoms with Gasteiger partial charge in [-0.25, -0.2) is 8.42 Å². The number of nitrogens with two attached hydrogens (primary N) is 1. The molecule has 0 radical (unpaired) electrons. The van der Waals surface area contributed by atoms with Crippen LogP contribution in [0, 0.1) is 20.8 Å². The molecule has 2 rings (SSSR count). The smallest absolute Gasteiger partial charge is 0.262 e. The lowest BCUT2D eigenvalue weighted by Gasteiger charge is -2.13. The average molecular weight is 369 g/mol. The van der Waals surface area contributed by atoms with Crippen LogP contribution in [0.2, 0.25) is 0 Å². The Kier molecular flexibility index (Phi) is 4.30. The van der Waals surface area contributed by atoms with Crippen LogP contribution in [-0.4, -0.2) is 8.42 Å². The number of benzene rings is 2. The van der Waals surface area contributed by atoms with Gasteiger partial charge in [0.25, 0.3) is 10.0 Å². The second-order valence-corrected chi connectivity index (χ2v) is 7.65. The molecule has 0 aliphatic heterocycles. The maximum atomic E-state index is 12.6. The van der Waals surface area contributed by atoms with Gasteiger partial charge in [-0.3, -0.25) is 4.72 Å². The molecule has 0 bridgehead atoms. The summed E-state index contributed by atoms with van der Waals surface area (Å²) in [6, 6.07) is 8.65. The Labute approximate surface area is 133 Å². The van der Waals surface area contributed by atoms with Crippen LogP contribution in [0.1, 0.15) is 16.7 Å². The highest BCUT2D eigenvalue weighted by atomic mass is 79.9. The zero-order chi connectivity index (χ0) is 15.8. The fraction of sp³-hybridized carbons (Fsp3) is 0.200. The first-order chi connectivity index (χ1) is 9.69. The number of sulfonamides is 1. The van der Waals surface area contributed by atoms with Crippen molar-refractivity contribution in [2.45, 2.75) is 25.7 Å². The maximum Gasteiger partial charge on any atom is 0.262 e. The molecule has 0 aliphatic carbocycles. The van der Waals surface area contributed by atoms with Gasteiger partial charge < -0.3 is 5.73 Å². The Hall–Kier alpha value is -1.53. The van der Waals surface area contributed by atoms with Gasteiger partial charge in [-0.2, -0.15) is 0 Å². The van der Waals surface area contributed by atoms with Crippen molar-refractivity contribution in [1.29, 1.82) is 0 Å². The van der Waals surface area contributed by atoms with Crippen LogP contribution < -0.4 is 10.5 Å². The molecule has 0 heterocycles. The first kappa shape index (κ1) is 15.9. The normalized spacial score (nSPS) is 11.4. The van der Waals surface area contributed by atoms with Crippen LogP contribution in [-0.2, 0) is 10.0 Å². The predicted molar refractivity (Wildman–Crippen MR) is 90.0 cm³/mol. The number of hydrogen-bond acceptors (Lipinski definition) is 3. The van der Waals surface area contributed by atoms with Gasteiger partial charge in [0.15, 0.2) is 0 Å². The molecule has 2 aromatic carbocycles. The van der Waals surface area contributed by atoms with Gasteiger partial charge in [0.1, 0.15) is 0 Å². The first-order valence-electron chi connectivity index (χ1n) is 6.36. The Morgan fingerprint density at radius 2 is 1.71 bits per heavy atom. The Morgan fingerprint density at radius 1 is 1.05 bits per heavy atom. The topological polar surface area (TPSA) is 72.2 Å². The van der Waals surface area contributed by atoms with Crippen molar-refractivity contribution < 1.29 is 8.42 Å². The summed E-state index contributed by atoms with van der Waals surface area (Å²) in [5.74, 6) is 0. The van der Waals surface area contributed by atoms with E-state index in [4.69, 9.17) is 5.73 Å². The predicted octanol–water partition coefficient (Wildman–Crippen LogP) is 3.76. The zero-order valence-corrected chi connectivity index (χ0v) is 14.5. The molecule has 0 unspecified atom stereocenters. The lowest BCUT2D eigenvalue weighted by molar-refractivity contribution is 0.600.